The van der Waals surface area contributed by atoms with E-state index in [9.17, 15) is 18.5 Å². The SMILES string of the molecule is CC(C)CC(Cl)Cc1cccc(S(C)(=O)=O)c1[N+](=O)[O-]. The zero-order valence-electron chi connectivity index (χ0n) is 11.7. The lowest BCUT2D eigenvalue weighted by atomic mass is 10.0. The number of hydrogen-bond donors (Lipinski definition) is 0. The predicted octanol–water partition coefficient (Wildman–Crippen LogP) is 3.19. The molecule has 0 saturated heterocycles. The average Bonchev–Trinajstić information content (AvgIpc) is 2.25. The predicted molar refractivity (Wildman–Crippen MR) is 79.0 cm³/mol. The Balaban J connectivity index is 3.24. The molecule has 0 aromatic heterocycles. The summed E-state index contributed by atoms with van der Waals surface area (Å²) in [7, 11) is -3.64. The summed E-state index contributed by atoms with van der Waals surface area (Å²) in [6, 6.07) is 4.32. The second kappa shape index (κ2) is 6.54. The molecule has 0 bridgehead atoms. The zero-order chi connectivity index (χ0) is 15.5. The monoisotopic (exact) mass is 319 g/mol. The highest BCUT2D eigenvalue weighted by molar-refractivity contribution is 7.90. The lowest BCUT2D eigenvalue weighted by molar-refractivity contribution is -0.388. The molecule has 0 N–H and O–H groups in total. The Bertz CT molecular complexity index is 598. The van der Waals surface area contributed by atoms with Crippen LogP contribution in [0.5, 0.6) is 0 Å². The molecule has 5 nitrogen and oxygen atoms in total. The van der Waals surface area contributed by atoms with Crippen molar-refractivity contribution >= 4 is 27.1 Å². The Hall–Kier alpha value is -1.14. The highest BCUT2D eigenvalue weighted by Crippen LogP contribution is 2.30. The van der Waals surface area contributed by atoms with Crippen molar-refractivity contribution in [3.8, 4) is 0 Å². The van der Waals surface area contributed by atoms with E-state index in [0.29, 0.717) is 17.9 Å². The van der Waals surface area contributed by atoms with E-state index >= 15 is 0 Å². The summed E-state index contributed by atoms with van der Waals surface area (Å²) >= 11 is 6.18. The van der Waals surface area contributed by atoms with Crippen LogP contribution in [0.1, 0.15) is 25.8 Å². The van der Waals surface area contributed by atoms with E-state index in [0.717, 1.165) is 6.26 Å². The van der Waals surface area contributed by atoms with Crippen LogP contribution in [0.25, 0.3) is 0 Å². The molecule has 0 saturated carbocycles. The summed E-state index contributed by atoms with van der Waals surface area (Å²) in [6.07, 6.45) is 1.95. The molecule has 0 fully saturated rings. The first-order valence-electron chi connectivity index (χ1n) is 6.23. The van der Waals surface area contributed by atoms with Crippen LogP contribution in [0, 0.1) is 16.0 Å². The van der Waals surface area contributed by atoms with Crippen LogP contribution in [0.4, 0.5) is 5.69 Å². The molecular weight excluding hydrogens is 302 g/mol. The molecule has 0 aliphatic rings. The third-order valence-electron chi connectivity index (χ3n) is 2.83. The minimum atomic E-state index is -3.64. The lowest BCUT2D eigenvalue weighted by Gasteiger charge is -2.13. The Morgan fingerprint density at radius 2 is 1.95 bits per heavy atom. The Labute approximate surface area is 124 Å². The van der Waals surface area contributed by atoms with Gasteiger partial charge in [0.1, 0.15) is 4.90 Å². The molecule has 112 valence electrons. The van der Waals surface area contributed by atoms with Crippen LogP contribution in [0.3, 0.4) is 0 Å². The Morgan fingerprint density at radius 3 is 2.40 bits per heavy atom. The van der Waals surface area contributed by atoms with Gasteiger partial charge in [-0.2, -0.15) is 0 Å². The van der Waals surface area contributed by atoms with Crippen molar-refractivity contribution in [2.75, 3.05) is 6.26 Å². The van der Waals surface area contributed by atoms with Crippen LogP contribution in [0.2, 0.25) is 0 Å². The molecule has 0 spiro atoms. The largest absolute Gasteiger partial charge is 0.291 e. The molecule has 1 atom stereocenters. The number of halogens is 1. The number of nitrogens with zero attached hydrogens (tertiary/aromatic N) is 1. The van der Waals surface area contributed by atoms with Crippen LogP contribution < -0.4 is 0 Å². The standard InChI is InChI=1S/C13H18ClNO4S/c1-9(2)7-11(14)8-10-5-4-6-12(20(3,18)19)13(10)15(16)17/h4-6,9,11H,7-8H2,1-3H3. The second-order valence-electron chi connectivity index (χ2n) is 5.22. The number of benzene rings is 1. The van der Waals surface area contributed by atoms with E-state index < -0.39 is 14.8 Å². The van der Waals surface area contributed by atoms with Gasteiger partial charge in [0, 0.05) is 17.2 Å². The van der Waals surface area contributed by atoms with Crippen molar-refractivity contribution in [1.29, 1.82) is 0 Å². The number of alkyl halides is 1. The smallest absolute Gasteiger partial charge is 0.258 e. The quantitative estimate of drug-likeness (QED) is 0.458. The van der Waals surface area contributed by atoms with E-state index in [2.05, 4.69) is 0 Å². The third kappa shape index (κ3) is 4.45. The molecule has 0 heterocycles. The molecule has 1 aromatic carbocycles. The summed E-state index contributed by atoms with van der Waals surface area (Å²) in [5, 5.41) is 10.9. The molecule has 0 aliphatic carbocycles. The van der Waals surface area contributed by atoms with Crippen LogP contribution in [0.15, 0.2) is 23.1 Å². The molecule has 0 amide bonds. The van der Waals surface area contributed by atoms with E-state index in [1.165, 1.54) is 12.1 Å². The Morgan fingerprint density at radius 1 is 1.35 bits per heavy atom. The zero-order valence-corrected chi connectivity index (χ0v) is 13.2. The highest BCUT2D eigenvalue weighted by atomic mass is 35.5. The van der Waals surface area contributed by atoms with Crippen molar-refractivity contribution in [1.82, 2.24) is 0 Å². The number of para-hydroxylation sites is 1. The average molecular weight is 320 g/mol. The van der Waals surface area contributed by atoms with Gasteiger partial charge in [0.2, 0.25) is 0 Å². The normalized spacial score (nSPS) is 13.4. The molecular formula is C13H18ClNO4S. The number of nitro groups is 1. The van der Waals surface area contributed by atoms with E-state index in [1.807, 2.05) is 13.8 Å². The lowest BCUT2D eigenvalue weighted by Crippen LogP contribution is -2.11. The number of hydrogen-bond acceptors (Lipinski definition) is 4. The minimum Gasteiger partial charge on any atom is -0.258 e. The van der Waals surface area contributed by atoms with Crippen molar-refractivity contribution in [2.45, 2.75) is 37.0 Å². The third-order valence-corrected chi connectivity index (χ3v) is 4.29. The second-order valence-corrected chi connectivity index (χ2v) is 7.83. The van der Waals surface area contributed by atoms with Crippen molar-refractivity contribution in [3.05, 3.63) is 33.9 Å². The maximum Gasteiger partial charge on any atom is 0.291 e. The summed E-state index contributed by atoms with van der Waals surface area (Å²) in [6.45, 7) is 4.02. The van der Waals surface area contributed by atoms with E-state index in [4.69, 9.17) is 11.6 Å². The summed E-state index contributed by atoms with van der Waals surface area (Å²) in [5.41, 5.74) is 0.00276. The highest BCUT2D eigenvalue weighted by Gasteiger charge is 2.26. The van der Waals surface area contributed by atoms with Crippen LogP contribution >= 0.6 is 11.6 Å². The number of nitro benzene ring substituents is 1. The van der Waals surface area contributed by atoms with Crippen LogP contribution in [-0.2, 0) is 16.3 Å². The molecule has 7 heteroatoms. The van der Waals surface area contributed by atoms with Gasteiger partial charge in [-0.1, -0.05) is 26.0 Å². The fourth-order valence-electron chi connectivity index (χ4n) is 2.07. The van der Waals surface area contributed by atoms with Gasteiger partial charge >= 0.3 is 0 Å². The summed E-state index contributed by atoms with van der Waals surface area (Å²) < 4.78 is 23.3. The minimum absolute atomic E-state index is 0.256. The molecule has 20 heavy (non-hydrogen) atoms. The topological polar surface area (TPSA) is 77.3 Å². The van der Waals surface area contributed by atoms with Crippen molar-refractivity contribution in [2.24, 2.45) is 5.92 Å². The fraction of sp³-hybridized carbons (Fsp3) is 0.538. The van der Waals surface area contributed by atoms with Gasteiger partial charge in [-0.3, -0.25) is 10.1 Å². The van der Waals surface area contributed by atoms with Gasteiger partial charge in [-0.05, 0) is 24.8 Å². The number of sulfone groups is 1. The van der Waals surface area contributed by atoms with Gasteiger partial charge in [0.05, 0.1) is 4.92 Å². The van der Waals surface area contributed by atoms with Crippen LogP contribution in [-0.4, -0.2) is 25.0 Å². The molecule has 1 aromatic rings. The van der Waals surface area contributed by atoms with Crippen molar-refractivity contribution < 1.29 is 13.3 Å². The van der Waals surface area contributed by atoms with E-state index in [-0.39, 0.29) is 22.4 Å². The molecule has 0 aliphatic heterocycles. The van der Waals surface area contributed by atoms with Gasteiger partial charge < -0.3 is 0 Å². The van der Waals surface area contributed by atoms with Crippen molar-refractivity contribution in [3.63, 3.8) is 0 Å². The summed E-state index contributed by atoms with van der Waals surface area (Å²) in [4.78, 5) is 10.3. The van der Waals surface area contributed by atoms with Gasteiger partial charge in [0.25, 0.3) is 5.69 Å². The Kier molecular flexibility index (Phi) is 5.53. The van der Waals surface area contributed by atoms with Gasteiger partial charge in [-0.15, -0.1) is 11.6 Å². The van der Waals surface area contributed by atoms with Gasteiger partial charge in [0.15, 0.2) is 9.84 Å². The first kappa shape index (κ1) is 16.9. The van der Waals surface area contributed by atoms with Gasteiger partial charge in [-0.25, -0.2) is 8.42 Å². The first-order chi connectivity index (χ1) is 9.12. The summed E-state index contributed by atoms with van der Waals surface area (Å²) in [5.74, 6) is 0.370. The number of rotatable bonds is 6. The van der Waals surface area contributed by atoms with E-state index in [1.54, 1.807) is 6.07 Å². The first-order valence-corrected chi connectivity index (χ1v) is 8.56. The molecule has 1 rings (SSSR count). The maximum atomic E-state index is 11.6. The maximum absolute atomic E-state index is 11.6. The molecule has 0 radical (unpaired) electrons. The fourth-order valence-corrected chi connectivity index (χ4v) is 3.48. The molecule has 1 unspecified atom stereocenters.